The van der Waals surface area contributed by atoms with Crippen LogP contribution in [-0.4, -0.2) is 49.1 Å². The van der Waals surface area contributed by atoms with Crippen molar-refractivity contribution in [1.82, 2.24) is 9.88 Å². The van der Waals surface area contributed by atoms with Crippen LogP contribution in [0.4, 0.5) is 5.69 Å². The van der Waals surface area contributed by atoms with Crippen LogP contribution in [0.5, 0.6) is 5.75 Å². The number of piperazine rings is 1. The van der Waals surface area contributed by atoms with Crippen LogP contribution in [0.1, 0.15) is 28.5 Å². The number of hydrogen-bond acceptors (Lipinski definition) is 4. The van der Waals surface area contributed by atoms with Crippen molar-refractivity contribution in [2.24, 2.45) is 0 Å². The zero-order chi connectivity index (χ0) is 20.4. The number of pyridine rings is 1. The van der Waals surface area contributed by atoms with Crippen LogP contribution in [-0.2, 0) is 6.42 Å². The number of ether oxygens (including phenoxy) is 1. The van der Waals surface area contributed by atoms with Gasteiger partial charge >= 0.3 is 0 Å². The first-order valence-corrected chi connectivity index (χ1v) is 10.2. The third-order valence-corrected chi connectivity index (χ3v) is 5.79. The number of carbonyl (C=O) groups excluding carboxylic acids is 1. The Hall–Kier alpha value is -3.08. The third kappa shape index (κ3) is 3.65. The van der Waals surface area contributed by atoms with Crippen LogP contribution in [0.25, 0.3) is 10.9 Å². The molecule has 0 atom stereocenters. The molecule has 0 radical (unpaired) electrons. The highest BCUT2D eigenvalue weighted by atomic mass is 16.5. The van der Waals surface area contributed by atoms with Crippen molar-refractivity contribution in [2.75, 3.05) is 38.2 Å². The molecule has 0 saturated carbocycles. The number of nitrogens with zero attached hydrogens (tertiary/aromatic N) is 3. The van der Waals surface area contributed by atoms with Crippen molar-refractivity contribution in [3.05, 3.63) is 65.4 Å². The lowest BCUT2D eigenvalue weighted by atomic mass is 9.99. The average molecular weight is 389 g/mol. The van der Waals surface area contributed by atoms with Gasteiger partial charge in [0.05, 0.1) is 18.2 Å². The van der Waals surface area contributed by atoms with E-state index >= 15 is 0 Å². The summed E-state index contributed by atoms with van der Waals surface area (Å²) < 4.78 is 5.24. The molecule has 3 aromatic rings. The Morgan fingerprint density at radius 1 is 1.03 bits per heavy atom. The third-order valence-electron chi connectivity index (χ3n) is 5.79. The lowest BCUT2D eigenvalue weighted by molar-refractivity contribution is 0.0748. The van der Waals surface area contributed by atoms with Gasteiger partial charge in [-0.05, 0) is 49.2 Å². The molecule has 1 fully saturated rings. The number of amides is 1. The van der Waals surface area contributed by atoms with E-state index in [0.29, 0.717) is 13.1 Å². The van der Waals surface area contributed by atoms with Crippen LogP contribution in [0.2, 0.25) is 0 Å². The van der Waals surface area contributed by atoms with Gasteiger partial charge in [0.1, 0.15) is 5.75 Å². The van der Waals surface area contributed by atoms with Crippen molar-refractivity contribution in [1.29, 1.82) is 0 Å². The van der Waals surface area contributed by atoms with Crippen LogP contribution < -0.4 is 9.64 Å². The van der Waals surface area contributed by atoms with Gasteiger partial charge in [0, 0.05) is 42.9 Å². The first-order chi connectivity index (χ1) is 14.1. The van der Waals surface area contributed by atoms with E-state index < -0.39 is 0 Å². The van der Waals surface area contributed by atoms with Crippen LogP contribution in [0, 0.1) is 6.92 Å². The van der Waals surface area contributed by atoms with E-state index in [1.54, 1.807) is 7.11 Å². The van der Waals surface area contributed by atoms with Gasteiger partial charge in [0.15, 0.2) is 0 Å². The predicted octanol–water partition coefficient (Wildman–Crippen LogP) is 4.08. The summed E-state index contributed by atoms with van der Waals surface area (Å²) in [5.41, 5.74) is 4.88. The Morgan fingerprint density at radius 2 is 1.72 bits per heavy atom. The Kier molecular flexibility index (Phi) is 5.38. The number of methoxy groups -OCH3 is 1. The number of para-hydroxylation sites is 1. The van der Waals surface area contributed by atoms with Gasteiger partial charge in [-0.15, -0.1) is 0 Å². The van der Waals surface area contributed by atoms with Gasteiger partial charge in [-0.1, -0.05) is 25.1 Å². The van der Waals surface area contributed by atoms with Gasteiger partial charge in [-0.2, -0.15) is 0 Å². The molecule has 4 rings (SSSR count). The van der Waals surface area contributed by atoms with E-state index in [2.05, 4.69) is 24.0 Å². The summed E-state index contributed by atoms with van der Waals surface area (Å²) in [7, 11) is 1.67. The summed E-state index contributed by atoms with van der Waals surface area (Å²) >= 11 is 0. The average Bonchev–Trinajstić information content (AvgIpc) is 2.78. The first kappa shape index (κ1) is 19.2. The molecule has 0 aliphatic carbocycles. The van der Waals surface area contributed by atoms with Gasteiger partial charge in [-0.3, -0.25) is 9.78 Å². The first-order valence-electron chi connectivity index (χ1n) is 10.2. The molecule has 2 aromatic carbocycles. The number of carbonyl (C=O) groups is 1. The molecule has 1 saturated heterocycles. The molecule has 2 heterocycles. The summed E-state index contributed by atoms with van der Waals surface area (Å²) in [4.78, 5) is 22.5. The molecule has 1 amide bonds. The molecule has 1 aliphatic heterocycles. The minimum atomic E-state index is 0.116. The monoisotopic (exact) mass is 389 g/mol. The molecule has 1 aromatic heterocycles. The fraction of sp³-hybridized carbons (Fsp3) is 0.333. The van der Waals surface area contributed by atoms with Crippen molar-refractivity contribution >= 4 is 22.5 Å². The number of benzene rings is 2. The Bertz CT molecular complexity index is 1020. The topological polar surface area (TPSA) is 45.7 Å². The highest BCUT2D eigenvalue weighted by Crippen LogP contribution is 2.26. The molecule has 0 N–H and O–H groups in total. The maximum atomic E-state index is 13.5. The number of rotatable bonds is 4. The molecule has 150 valence electrons. The van der Waals surface area contributed by atoms with Gasteiger partial charge in [-0.25, -0.2) is 0 Å². The molecule has 0 unspecified atom stereocenters. The normalized spacial score (nSPS) is 14.3. The van der Waals surface area contributed by atoms with Crippen LogP contribution in [0.3, 0.4) is 0 Å². The van der Waals surface area contributed by atoms with Gasteiger partial charge < -0.3 is 14.5 Å². The van der Waals surface area contributed by atoms with E-state index in [1.165, 1.54) is 0 Å². The number of aromatic nitrogens is 1. The fourth-order valence-electron chi connectivity index (χ4n) is 4.10. The smallest absolute Gasteiger partial charge is 0.255 e. The van der Waals surface area contributed by atoms with Crippen molar-refractivity contribution < 1.29 is 9.53 Å². The molecular weight excluding hydrogens is 362 g/mol. The van der Waals surface area contributed by atoms with Gasteiger partial charge in [0.2, 0.25) is 0 Å². The molecule has 5 heteroatoms. The van der Waals surface area contributed by atoms with Crippen molar-refractivity contribution in [3.8, 4) is 5.75 Å². The van der Waals surface area contributed by atoms with Crippen LogP contribution in [0.15, 0.2) is 48.5 Å². The van der Waals surface area contributed by atoms with Crippen LogP contribution >= 0.6 is 0 Å². The largest absolute Gasteiger partial charge is 0.497 e. The number of anilines is 1. The zero-order valence-electron chi connectivity index (χ0n) is 17.3. The summed E-state index contributed by atoms with van der Waals surface area (Å²) in [5, 5.41) is 0.949. The Balaban J connectivity index is 1.56. The van der Waals surface area contributed by atoms with Crippen molar-refractivity contribution in [3.63, 3.8) is 0 Å². The molecule has 29 heavy (non-hydrogen) atoms. The minimum absolute atomic E-state index is 0.116. The number of aryl methyl sites for hydroxylation is 1. The highest BCUT2D eigenvalue weighted by molar-refractivity contribution is 6.07. The summed E-state index contributed by atoms with van der Waals surface area (Å²) in [6.07, 6.45) is 0.822. The Labute approximate surface area is 171 Å². The summed E-state index contributed by atoms with van der Waals surface area (Å²) in [5.74, 6) is 0.972. The second-order valence-corrected chi connectivity index (χ2v) is 7.41. The number of hydrogen-bond donors (Lipinski definition) is 0. The molecule has 5 nitrogen and oxygen atoms in total. The second-order valence-electron chi connectivity index (χ2n) is 7.41. The Morgan fingerprint density at radius 3 is 2.38 bits per heavy atom. The molecule has 0 spiro atoms. The van der Waals surface area contributed by atoms with E-state index in [4.69, 9.17) is 9.72 Å². The molecular formula is C24H27N3O2. The second kappa shape index (κ2) is 8.11. The molecule has 1 aliphatic rings. The zero-order valence-corrected chi connectivity index (χ0v) is 17.3. The number of fused-ring (bicyclic) bond motifs is 1. The maximum absolute atomic E-state index is 13.5. The van der Waals surface area contributed by atoms with E-state index in [0.717, 1.165) is 58.7 Å². The maximum Gasteiger partial charge on any atom is 0.255 e. The standard InChI is InChI=1S/C24H27N3O2/c1-4-21-17(2)23(20-7-5-6-8-22(20)25-21)24(28)27-15-13-26(14-16-27)18-9-11-19(29-3)12-10-18/h5-12H,4,13-16H2,1-3H3. The minimum Gasteiger partial charge on any atom is -0.497 e. The molecule has 0 bridgehead atoms. The summed E-state index contributed by atoms with van der Waals surface area (Å²) in [6.45, 7) is 7.18. The van der Waals surface area contributed by atoms with E-state index in [-0.39, 0.29) is 5.91 Å². The SMILES string of the molecule is CCc1nc2ccccc2c(C(=O)N2CCN(c3ccc(OC)cc3)CC2)c1C. The summed E-state index contributed by atoms with van der Waals surface area (Å²) in [6, 6.07) is 16.1. The van der Waals surface area contributed by atoms with E-state index in [9.17, 15) is 4.79 Å². The lowest BCUT2D eigenvalue weighted by Gasteiger charge is -2.36. The van der Waals surface area contributed by atoms with Crippen molar-refractivity contribution in [2.45, 2.75) is 20.3 Å². The van der Waals surface area contributed by atoms with Gasteiger partial charge in [0.25, 0.3) is 5.91 Å². The quantitative estimate of drug-likeness (QED) is 0.675. The predicted molar refractivity (Wildman–Crippen MR) is 117 cm³/mol. The van der Waals surface area contributed by atoms with E-state index in [1.807, 2.05) is 48.2 Å². The lowest BCUT2D eigenvalue weighted by Crippen LogP contribution is -2.49. The highest BCUT2D eigenvalue weighted by Gasteiger charge is 2.26. The fourth-order valence-corrected chi connectivity index (χ4v) is 4.10.